The molecule has 0 unspecified atom stereocenters. The van der Waals surface area contributed by atoms with Crippen LogP contribution in [0.15, 0.2) is 48.5 Å². The van der Waals surface area contributed by atoms with Crippen LogP contribution in [-0.4, -0.2) is 11.5 Å². The molecule has 6 heteroatoms. The Hall–Kier alpha value is -3.07. The molecule has 106 valence electrons. The fourth-order valence-electron chi connectivity index (χ4n) is 1.80. The van der Waals surface area contributed by atoms with Crippen LogP contribution in [0.25, 0.3) is 0 Å². The Morgan fingerprint density at radius 3 is 2.81 bits per heavy atom. The summed E-state index contributed by atoms with van der Waals surface area (Å²) in [6, 6.07) is 15.6. The number of nitro benzene ring substituents is 1. The Morgan fingerprint density at radius 1 is 1.24 bits per heavy atom. The van der Waals surface area contributed by atoms with Gasteiger partial charge in [-0.05, 0) is 17.7 Å². The van der Waals surface area contributed by atoms with Gasteiger partial charge in [0.05, 0.1) is 4.92 Å². The molecule has 0 saturated heterocycles. The zero-order valence-electron chi connectivity index (χ0n) is 11.2. The van der Waals surface area contributed by atoms with Crippen LogP contribution in [0, 0.1) is 21.4 Å². The van der Waals surface area contributed by atoms with Crippen molar-refractivity contribution in [1.82, 2.24) is 0 Å². The topological polar surface area (TPSA) is 88.2 Å². The van der Waals surface area contributed by atoms with Crippen molar-refractivity contribution < 1.29 is 9.66 Å². The van der Waals surface area contributed by atoms with Gasteiger partial charge in [-0.25, -0.2) is 0 Å². The Balaban J connectivity index is 2.01. The van der Waals surface area contributed by atoms with E-state index in [1.54, 1.807) is 18.2 Å². The molecule has 1 N–H and O–H groups in total. The van der Waals surface area contributed by atoms with Crippen molar-refractivity contribution in [3.05, 3.63) is 64.2 Å². The van der Waals surface area contributed by atoms with E-state index in [-0.39, 0.29) is 12.3 Å². The van der Waals surface area contributed by atoms with Crippen LogP contribution in [0.2, 0.25) is 0 Å². The normalized spacial score (nSPS) is 9.67. The van der Waals surface area contributed by atoms with Gasteiger partial charge in [-0.1, -0.05) is 18.2 Å². The first-order valence-corrected chi connectivity index (χ1v) is 6.26. The van der Waals surface area contributed by atoms with E-state index >= 15 is 0 Å². The second-order valence-corrected chi connectivity index (χ2v) is 4.26. The van der Waals surface area contributed by atoms with Crippen molar-refractivity contribution in [2.45, 2.75) is 6.54 Å². The Bertz CT molecular complexity index is 680. The molecule has 0 aliphatic rings. The number of nitrogens with zero attached hydrogens (tertiary/aromatic N) is 2. The van der Waals surface area contributed by atoms with E-state index < -0.39 is 4.92 Å². The highest BCUT2D eigenvalue weighted by Gasteiger charge is 2.05. The molecule has 0 aliphatic carbocycles. The first kappa shape index (κ1) is 14.3. The molecule has 2 aromatic rings. The van der Waals surface area contributed by atoms with Crippen LogP contribution >= 0.6 is 0 Å². The third kappa shape index (κ3) is 4.21. The predicted molar refractivity (Wildman–Crippen MR) is 78.0 cm³/mol. The van der Waals surface area contributed by atoms with Gasteiger partial charge in [-0.3, -0.25) is 10.1 Å². The van der Waals surface area contributed by atoms with Crippen LogP contribution in [0.4, 0.5) is 11.4 Å². The molecule has 2 aromatic carbocycles. The molecule has 0 saturated carbocycles. The molecule has 0 radical (unpaired) electrons. The van der Waals surface area contributed by atoms with Crippen LogP contribution in [-0.2, 0) is 6.54 Å². The zero-order chi connectivity index (χ0) is 15.1. The Kier molecular flexibility index (Phi) is 4.72. The average Bonchev–Trinajstić information content (AvgIpc) is 2.51. The number of nitriles is 1. The van der Waals surface area contributed by atoms with Crippen molar-refractivity contribution in [3.8, 4) is 11.8 Å². The molecule has 0 aromatic heterocycles. The highest BCUT2D eigenvalue weighted by molar-refractivity contribution is 5.49. The zero-order valence-corrected chi connectivity index (χ0v) is 11.2. The smallest absolute Gasteiger partial charge is 0.269 e. The van der Waals surface area contributed by atoms with Crippen LogP contribution < -0.4 is 10.1 Å². The molecule has 0 fully saturated rings. The molecular formula is C15H13N3O3. The summed E-state index contributed by atoms with van der Waals surface area (Å²) in [5, 5.41) is 22.3. The summed E-state index contributed by atoms with van der Waals surface area (Å²) >= 11 is 0. The first-order chi connectivity index (χ1) is 10.2. The summed E-state index contributed by atoms with van der Waals surface area (Å²) in [5.74, 6) is 0.598. The van der Waals surface area contributed by atoms with Gasteiger partial charge >= 0.3 is 0 Å². The van der Waals surface area contributed by atoms with Crippen LogP contribution in [0.1, 0.15) is 5.56 Å². The van der Waals surface area contributed by atoms with Crippen LogP contribution in [0.3, 0.4) is 0 Å². The largest absolute Gasteiger partial charge is 0.479 e. The monoisotopic (exact) mass is 283 g/mol. The fraction of sp³-hybridized carbons (Fsp3) is 0.133. The number of hydrogen-bond acceptors (Lipinski definition) is 5. The van der Waals surface area contributed by atoms with Crippen molar-refractivity contribution in [3.63, 3.8) is 0 Å². The van der Waals surface area contributed by atoms with Crippen molar-refractivity contribution in [2.75, 3.05) is 11.9 Å². The second-order valence-electron chi connectivity index (χ2n) is 4.26. The van der Waals surface area contributed by atoms with Gasteiger partial charge in [-0.2, -0.15) is 5.26 Å². The van der Waals surface area contributed by atoms with Gasteiger partial charge in [0, 0.05) is 30.4 Å². The third-order valence-electron chi connectivity index (χ3n) is 2.76. The van der Waals surface area contributed by atoms with Gasteiger partial charge in [-0.15, -0.1) is 0 Å². The Morgan fingerprint density at radius 2 is 2.05 bits per heavy atom. The number of anilines is 1. The minimum Gasteiger partial charge on any atom is -0.479 e. The van der Waals surface area contributed by atoms with Gasteiger partial charge in [0.25, 0.3) is 5.69 Å². The van der Waals surface area contributed by atoms with Crippen LogP contribution in [0.5, 0.6) is 5.75 Å². The second kappa shape index (κ2) is 6.91. The standard InChI is InChI=1S/C15H13N3O3/c16-7-8-21-15-6-2-4-13(10-15)17-11-12-3-1-5-14(9-12)18(19)20/h1-6,9-10,17H,8,11H2. The van der Waals surface area contributed by atoms with Crippen molar-refractivity contribution in [1.29, 1.82) is 5.26 Å². The van der Waals surface area contributed by atoms with Gasteiger partial charge in [0.1, 0.15) is 11.8 Å². The minimum atomic E-state index is -0.417. The maximum Gasteiger partial charge on any atom is 0.269 e. The lowest BCUT2D eigenvalue weighted by molar-refractivity contribution is -0.384. The number of rotatable bonds is 6. The van der Waals surface area contributed by atoms with Gasteiger partial charge < -0.3 is 10.1 Å². The lowest BCUT2D eigenvalue weighted by Gasteiger charge is -2.08. The number of hydrogen-bond donors (Lipinski definition) is 1. The molecule has 0 atom stereocenters. The molecule has 21 heavy (non-hydrogen) atoms. The van der Waals surface area contributed by atoms with E-state index in [4.69, 9.17) is 10.00 Å². The number of nitro groups is 1. The summed E-state index contributed by atoms with van der Waals surface area (Å²) in [6.45, 7) is 0.456. The maximum atomic E-state index is 10.7. The lowest BCUT2D eigenvalue weighted by atomic mass is 10.2. The van der Waals surface area contributed by atoms with E-state index in [0.717, 1.165) is 11.3 Å². The molecule has 0 spiro atoms. The van der Waals surface area contributed by atoms with E-state index in [0.29, 0.717) is 12.3 Å². The maximum absolute atomic E-state index is 10.7. The van der Waals surface area contributed by atoms with E-state index in [9.17, 15) is 10.1 Å². The number of benzene rings is 2. The number of nitrogens with one attached hydrogen (secondary N) is 1. The molecule has 0 aliphatic heterocycles. The fourth-order valence-corrected chi connectivity index (χ4v) is 1.80. The average molecular weight is 283 g/mol. The Labute approximate surface area is 121 Å². The SMILES string of the molecule is N#CCOc1cccc(NCc2cccc([N+](=O)[O-])c2)c1. The summed E-state index contributed by atoms with van der Waals surface area (Å²) in [7, 11) is 0. The van der Waals surface area contributed by atoms with E-state index in [1.165, 1.54) is 12.1 Å². The molecular weight excluding hydrogens is 270 g/mol. The first-order valence-electron chi connectivity index (χ1n) is 6.26. The van der Waals surface area contributed by atoms with Crippen molar-refractivity contribution >= 4 is 11.4 Å². The summed E-state index contributed by atoms with van der Waals surface area (Å²) in [5.41, 5.74) is 1.70. The molecule has 0 heterocycles. The minimum absolute atomic E-state index is 0.00562. The third-order valence-corrected chi connectivity index (χ3v) is 2.76. The summed E-state index contributed by atoms with van der Waals surface area (Å²) in [6.07, 6.45) is 0. The quantitative estimate of drug-likeness (QED) is 0.650. The summed E-state index contributed by atoms with van der Waals surface area (Å²) in [4.78, 5) is 10.3. The van der Waals surface area contributed by atoms with Crippen molar-refractivity contribution in [2.24, 2.45) is 0 Å². The summed E-state index contributed by atoms with van der Waals surface area (Å²) < 4.78 is 5.21. The van der Waals surface area contributed by atoms with Gasteiger partial charge in [0.15, 0.2) is 6.61 Å². The number of ether oxygens (including phenoxy) is 1. The highest BCUT2D eigenvalue weighted by atomic mass is 16.6. The molecule has 6 nitrogen and oxygen atoms in total. The highest BCUT2D eigenvalue weighted by Crippen LogP contribution is 2.19. The number of non-ortho nitro benzene ring substituents is 1. The van der Waals surface area contributed by atoms with Gasteiger partial charge in [0.2, 0.25) is 0 Å². The molecule has 0 amide bonds. The molecule has 0 bridgehead atoms. The van der Waals surface area contributed by atoms with E-state index in [2.05, 4.69) is 5.32 Å². The predicted octanol–water partition coefficient (Wildman–Crippen LogP) is 3.11. The lowest BCUT2D eigenvalue weighted by Crippen LogP contribution is -2.01. The molecule has 2 rings (SSSR count). The van der Waals surface area contributed by atoms with E-state index in [1.807, 2.05) is 24.3 Å².